The molecule has 4 nitrogen and oxygen atoms in total. The van der Waals surface area contributed by atoms with Crippen LogP contribution < -0.4 is 10.1 Å². The quantitative estimate of drug-likeness (QED) is 0.627. The molecule has 0 atom stereocenters. The molecule has 1 rings (SSSR count). The molecule has 0 spiro atoms. The monoisotopic (exact) mass is 221 g/mol. The Labute approximate surface area is 94.6 Å². The van der Waals surface area contributed by atoms with Gasteiger partial charge in [-0.25, -0.2) is 0 Å². The molecular weight excluding hydrogens is 206 g/mol. The van der Waals surface area contributed by atoms with E-state index in [0.29, 0.717) is 24.3 Å². The van der Waals surface area contributed by atoms with Gasteiger partial charge in [-0.1, -0.05) is 13.8 Å². The van der Waals surface area contributed by atoms with Gasteiger partial charge in [-0.05, 0) is 24.3 Å². The molecule has 1 N–H and O–H groups in total. The van der Waals surface area contributed by atoms with E-state index >= 15 is 0 Å². The molecule has 0 fully saturated rings. The fourth-order valence-electron chi connectivity index (χ4n) is 1.06. The molecule has 1 amide bonds. The van der Waals surface area contributed by atoms with E-state index in [-0.39, 0.29) is 11.9 Å². The summed E-state index contributed by atoms with van der Waals surface area (Å²) in [7, 11) is 0. The van der Waals surface area contributed by atoms with Gasteiger partial charge in [0, 0.05) is 18.5 Å². The zero-order valence-electron chi connectivity index (χ0n) is 9.45. The number of hydrogen-bond donors (Lipinski definition) is 1. The van der Waals surface area contributed by atoms with Crippen molar-refractivity contribution in [2.24, 2.45) is 0 Å². The van der Waals surface area contributed by atoms with Gasteiger partial charge in [-0.2, -0.15) is 0 Å². The molecule has 4 heteroatoms. The van der Waals surface area contributed by atoms with Gasteiger partial charge < -0.3 is 10.1 Å². The Balaban J connectivity index is 2.60. The minimum atomic E-state index is -0.273. The first-order valence-corrected chi connectivity index (χ1v) is 5.26. The Morgan fingerprint density at radius 2 is 1.75 bits per heavy atom. The van der Waals surface area contributed by atoms with Crippen molar-refractivity contribution in [1.29, 1.82) is 0 Å². The number of esters is 1. The number of carbonyl (C=O) groups excluding carboxylic acids is 2. The van der Waals surface area contributed by atoms with Gasteiger partial charge in [0.1, 0.15) is 5.75 Å². The lowest BCUT2D eigenvalue weighted by Crippen LogP contribution is -2.09. The highest BCUT2D eigenvalue weighted by molar-refractivity contribution is 5.90. The standard InChI is InChI=1S/C12H15NO3/c1-3-11(14)13-9-5-7-10(8-6-9)16-12(15)4-2/h5-8H,3-4H2,1-2H3,(H,13,14). The highest BCUT2D eigenvalue weighted by atomic mass is 16.5. The molecule has 0 aromatic heterocycles. The maximum absolute atomic E-state index is 11.1. The maximum Gasteiger partial charge on any atom is 0.310 e. The van der Waals surface area contributed by atoms with Crippen molar-refractivity contribution < 1.29 is 14.3 Å². The highest BCUT2D eigenvalue weighted by Gasteiger charge is 2.02. The number of nitrogens with one attached hydrogen (secondary N) is 1. The second-order valence-electron chi connectivity index (χ2n) is 3.25. The summed E-state index contributed by atoms with van der Waals surface area (Å²) in [5.41, 5.74) is 0.697. The summed E-state index contributed by atoms with van der Waals surface area (Å²) in [6.45, 7) is 3.52. The molecule has 1 aromatic carbocycles. The Kier molecular flexibility index (Phi) is 4.51. The van der Waals surface area contributed by atoms with Crippen LogP contribution in [0.4, 0.5) is 5.69 Å². The van der Waals surface area contributed by atoms with Crippen LogP contribution in [0.3, 0.4) is 0 Å². The number of anilines is 1. The summed E-state index contributed by atoms with van der Waals surface area (Å²) >= 11 is 0. The van der Waals surface area contributed by atoms with Crippen molar-refractivity contribution in [3.8, 4) is 5.75 Å². The first-order chi connectivity index (χ1) is 7.65. The molecule has 1 aromatic rings. The van der Waals surface area contributed by atoms with E-state index in [1.807, 2.05) is 0 Å². The molecule has 0 unspecified atom stereocenters. The van der Waals surface area contributed by atoms with E-state index in [1.165, 1.54) is 0 Å². The van der Waals surface area contributed by atoms with E-state index in [2.05, 4.69) is 5.32 Å². The van der Waals surface area contributed by atoms with Crippen LogP contribution in [0.5, 0.6) is 5.75 Å². The fourth-order valence-corrected chi connectivity index (χ4v) is 1.06. The van der Waals surface area contributed by atoms with Crippen LogP contribution in [0.1, 0.15) is 26.7 Å². The van der Waals surface area contributed by atoms with Crippen molar-refractivity contribution in [3.63, 3.8) is 0 Å². The van der Waals surface area contributed by atoms with Crippen molar-refractivity contribution in [2.45, 2.75) is 26.7 Å². The normalized spacial score (nSPS) is 9.62. The van der Waals surface area contributed by atoms with Crippen LogP contribution in [0.15, 0.2) is 24.3 Å². The largest absolute Gasteiger partial charge is 0.427 e. The lowest BCUT2D eigenvalue weighted by atomic mass is 10.3. The zero-order valence-corrected chi connectivity index (χ0v) is 9.45. The average molecular weight is 221 g/mol. The van der Waals surface area contributed by atoms with Gasteiger partial charge in [0.05, 0.1) is 0 Å². The summed E-state index contributed by atoms with van der Waals surface area (Å²) in [6, 6.07) is 6.70. The molecular formula is C12H15NO3. The van der Waals surface area contributed by atoms with Crippen molar-refractivity contribution in [3.05, 3.63) is 24.3 Å². The predicted octanol–water partition coefficient (Wildman–Crippen LogP) is 2.35. The Bertz CT molecular complexity index is 333. The van der Waals surface area contributed by atoms with Crippen LogP contribution in [0.2, 0.25) is 0 Å². The number of benzene rings is 1. The third-order valence-electron chi connectivity index (χ3n) is 1.98. The van der Waals surface area contributed by atoms with Gasteiger partial charge >= 0.3 is 5.97 Å². The van der Waals surface area contributed by atoms with Crippen LogP contribution in [0, 0.1) is 0 Å². The number of amides is 1. The second-order valence-corrected chi connectivity index (χ2v) is 3.25. The van der Waals surface area contributed by atoms with E-state index in [1.54, 1.807) is 38.1 Å². The lowest BCUT2D eigenvalue weighted by molar-refractivity contribution is -0.134. The van der Waals surface area contributed by atoms with E-state index < -0.39 is 0 Å². The Morgan fingerprint density at radius 1 is 1.12 bits per heavy atom. The molecule has 0 aliphatic carbocycles. The summed E-state index contributed by atoms with van der Waals surface area (Å²) < 4.78 is 5.00. The molecule has 16 heavy (non-hydrogen) atoms. The van der Waals surface area contributed by atoms with Crippen molar-refractivity contribution in [1.82, 2.24) is 0 Å². The first-order valence-electron chi connectivity index (χ1n) is 5.26. The molecule has 0 aliphatic rings. The first kappa shape index (κ1) is 12.2. The van der Waals surface area contributed by atoms with E-state index in [0.717, 1.165) is 0 Å². The minimum Gasteiger partial charge on any atom is -0.427 e. The van der Waals surface area contributed by atoms with Gasteiger partial charge in [-0.3, -0.25) is 9.59 Å². The SMILES string of the molecule is CCC(=O)Nc1ccc(OC(=O)CC)cc1. The topological polar surface area (TPSA) is 55.4 Å². The summed E-state index contributed by atoms with van der Waals surface area (Å²) in [5, 5.41) is 2.71. The van der Waals surface area contributed by atoms with Crippen molar-refractivity contribution >= 4 is 17.6 Å². The minimum absolute atomic E-state index is 0.0432. The highest BCUT2D eigenvalue weighted by Crippen LogP contribution is 2.16. The molecule has 0 saturated heterocycles. The molecule has 86 valence electrons. The fraction of sp³-hybridized carbons (Fsp3) is 0.333. The van der Waals surface area contributed by atoms with Crippen LogP contribution in [-0.4, -0.2) is 11.9 Å². The number of carbonyl (C=O) groups is 2. The summed E-state index contributed by atoms with van der Waals surface area (Å²) in [4.78, 5) is 22.1. The Morgan fingerprint density at radius 3 is 2.25 bits per heavy atom. The molecule has 0 bridgehead atoms. The van der Waals surface area contributed by atoms with Gasteiger partial charge in [0.2, 0.25) is 5.91 Å². The third kappa shape index (κ3) is 3.73. The van der Waals surface area contributed by atoms with Gasteiger partial charge in [0.15, 0.2) is 0 Å². The van der Waals surface area contributed by atoms with Gasteiger partial charge in [-0.15, -0.1) is 0 Å². The smallest absolute Gasteiger partial charge is 0.310 e. The van der Waals surface area contributed by atoms with Gasteiger partial charge in [0.25, 0.3) is 0 Å². The van der Waals surface area contributed by atoms with Crippen LogP contribution >= 0.6 is 0 Å². The summed E-state index contributed by atoms with van der Waals surface area (Å²) in [6.07, 6.45) is 0.779. The van der Waals surface area contributed by atoms with Crippen LogP contribution in [-0.2, 0) is 9.59 Å². The zero-order chi connectivity index (χ0) is 12.0. The molecule has 0 saturated carbocycles. The van der Waals surface area contributed by atoms with E-state index in [9.17, 15) is 9.59 Å². The summed E-state index contributed by atoms with van der Waals surface area (Å²) in [5.74, 6) is 0.171. The Hall–Kier alpha value is -1.84. The van der Waals surface area contributed by atoms with Crippen LogP contribution in [0.25, 0.3) is 0 Å². The number of hydrogen-bond acceptors (Lipinski definition) is 3. The van der Waals surface area contributed by atoms with Crippen molar-refractivity contribution in [2.75, 3.05) is 5.32 Å². The molecule has 0 radical (unpaired) electrons. The lowest BCUT2D eigenvalue weighted by Gasteiger charge is -2.05. The molecule has 0 heterocycles. The molecule has 0 aliphatic heterocycles. The third-order valence-corrected chi connectivity index (χ3v) is 1.98. The number of rotatable bonds is 4. The predicted molar refractivity (Wildman–Crippen MR) is 61.3 cm³/mol. The second kappa shape index (κ2) is 5.90. The maximum atomic E-state index is 11.1. The van der Waals surface area contributed by atoms with E-state index in [4.69, 9.17) is 4.74 Å². The number of ether oxygens (including phenoxy) is 1. The average Bonchev–Trinajstić information content (AvgIpc) is 2.31.